The van der Waals surface area contributed by atoms with Crippen LogP contribution in [-0.2, 0) is 5.41 Å². The number of rotatable bonds is 6. The number of para-hydroxylation sites is 3. The van der Waals surface area contributed by atoms with Crippen LogP contribution in [-0.4, -0.2) is 19.5 Å². The molecule has 0 unspecified atom stereocenters. The van der Waals surface area contributed by atoms with E-state index in [2.05, 4.69) is 187 Å². The quantitative estimate of drug-likeness (QED) is 0.166. The zero-order valence-electron chi connectivity index (χ0n) is 41.1. The van der Waals surface area contributed by atoms with Gasteiger partial charge in [-0.3, -0.25) is 0 Å². The molecule has 0 bridgehead atoms. The number of benzene rings is 10. The van der Waals surface area contributed by atoms with Gasteiger partial charge in [-0.15, -0.1) is 0 Å². The first-order valence-electron chi connectivity index (χ1n) is 26.0. The maximum absolute atomic E-state index is 6.63. The van der Waals surface area contributed by atoms with Crippen LogP contribution in [0.5, 0.6) is 23.0 Å². The number of nitrogens with zero attached hydrogens (tertiary/aromatic N) is 4. The molecule has 0 amide bonds. The van der Waals surface area contributed by atoms with E-state index in [1.165, 1.54) is 77.5 Å². The molecule has 0 saturated heterocycles. The van der Waals surface area contributed by atoms with E-state index in [1.54, 1.807) is 0 Å². The van der Waals surface area contributed by atoms with Crippen LogP contribution in [0.2, 0.25) is 0 Å². The van der Waals surface area contributed by atoms with Gasteiger partial charge in [0, 0.05) is 33.2 Å². The van der Waals surface area contributed by atoms with Gasteiger partial charge in [0.05, 0.1) is 16.4 Å². The van der Waals surface area contributed by atoms with Crippen molar-refractivity contribution in [3.05, 3.63) is 276 Å². The molecule has 3 aliphatic carbocycles. The largest absolute Gasteiger partial charge is 0.450 e. The van der Waals surface area contributed by atoms with Crippen LogP contribution in [0.1, 0.15) is 46.5 Å². The van der Waals surface area contributed by atoms with E-state index in [0.29, 0.717) is 17.5 Å². The van der Waals surface area contributed by atoms with Crippen molar-refractivity contribution in [3.63, 3.8) is 0 Å². The van der Waals surface area contributed by atoms with Gasteiger partial charge in [-0.25, -0.2) is 15.0 Å². The molecule has 0 atom stereocenters. The SMILES string of the molecule is C1=C(c2ccc(-n3c4ccccc4c4cc(-c5ccc6c(c5)C5(c7ccccc7-c7ccccc75)c5cc7c(cc5-6)Oc5ccccc5O7)ccc43)cc2)CCC=C1c1nc(-c2ccccc2)nc(-c2ccccc2)n1. The second-order valence-electron chi connectivity index (χ2n) is 20.1. The summed E-state index contributed by atoms with van der Waals surface area (Å²) in [6, 6.07) is 82.5. The number of ether oxygens (including phenoxy) is 2. The van der Waals surface area contributed by atoms with Crippen molar-refractivity contribution in [3.8, 4) is 84.8 Å². The van der Waals surface area contributed by atoms with Crippen LogP contribution in [0.15, 0.2) is 243 Å². The molecule has 16 rings (SSSR count). The highest BCUT2D eigenvalue weighted by Gasteiger charge is 2.52. The number of hydrogen-bond acceptors (Lipinski definition) is 5. The van der Waals surface area contributed by atoms with Gasteiger partial charge in [0.2, 0.25) is 0 Å². The highest BCUT2D eigenvalue weighted by molar-refractivity contribution is 6.10. The van der Waals surface area contributed by atoms with E-state index < -0.39 is 5.41 Å². The minimum Gasteiger partial charge on any atom is -0.450 e. The fourth-order valence-electron chi connectivity index (χ4n) is 12.6. The number of aromatic nitrogens is 4. The Labute approximate surface area is 439 Å². The van der Waals surface area contributed by atoms with Gasteiger partial charge in [0.1, 0.15) is 0 Å². The summed E-state index contributed by atoms with van der Waals surface area (Å²) in [6.45, 7) is 0. The molecule has 0 fully saturated rings. The Balaban J connectivity index is 0.779. The first-order chi connectivity index (χ1) is 37.6. The molecule has 6 heteroatoms. The van der Waals surface area contributed by atoms with Crippen molar-refractivity contribution in [2.75, 3.05) is 0 Å². The average Bonchev–Trinajstić information content (AvgIpc) is 4.26. The number of allylic oxidation sites excluding steroid dienone is 4. The molecule has 4 aliphatic rings. The van der Waals surface area contributed by atoms with Gasteiger partial charge >= 0.3 is 0 Å². The lowest BCUT2D eigenvalue weighted by molar-refractivity contribution is 0.359. The smallest absolute Gasteiger partial charge is 0.170 e. The van der Waals surface area contributed by atoms with Crippen molar-refractivity contribution in [1.82, 2.24) is 19.5 Å². The molecule has 6 nitrogen and oxygen atoms in total. The topological polar surface area (TPSA) is 62.1 Å². The lowest BCUT2D eigenvalue weighted by Crippen LogP contribution is -2.26. The molecule has 3 heterocycles. The van der Waals surface area contributed by atoms with Gasteiger partial charge in [0.25, 0.3) is 0 Å². The Bertz CT molecular complexity index is 4350. The van der Waals surface area contributed by atoms with Crippen molar-refractivity contribution in [2.24, 2.45) is 0 Å². The Morgan fingerprint density at radius 2 is 0.908 bits per heavy atom. The summed E-state index contributed by atoms with van der Waals surface area (Å²) < 4.78 is 15.6. The molecule has 0 saturated carbocycles. The first-order valence-corrected chi connectivity index (χ1v) is 26.0. The summed E-state index contributed by atoms with van der Waals surface area (Å²) in [5.41, 5.74) is 20.5. The molecule has 0 radical (unpaired) electrons. The van der Waals surface area contributed by atoms with Crippen LogP contribution in [0.3, 0.4) is 0 Å². The van der Waals surface area contributed by atoms with Gasteiger partial charge in [-0.2, -0.15) is 0 Å². The van der Waals surface area contributed by atoms with E-state index in [4.69, 9.17) is 24.4 Å². The second-order valence-corrected chi connectivity index (χ2v) is 20.1. The number of fused-ring (bicyclic) bond motifs is 15. The highest BCUT2D eigenvalue weighted by atomic mass is 16.6. The summed E-state index contributed by atoms with van der Waals surface area (Å²) in [5.74, 6) is 4.91. The zero-order valence-corrected chi connectivity index (χ0v) is 41.1. The van der Waals surface area contributed by atoms with E-state index in [0.717, 1.165) is 69.3 Å². The van der Waals surface area contributed by atoms with Crippen LogP contribution in [0, 0.1) is 0 Å². The van der Waals surface area contributed by atoms with Crippen LogP contribution in [0.25, 0.3) is 94.8 Å². The Morgan fingerprint density at radius 1 is 0.368 bits per heavy atom. The molecule has 2 aromatic heterocycles. The van der Waals surface area contributed by atoms with Crippen molar-refractivity contribution >= 4 is 33.0 Å². The lowest BCUT2D eigenvalue weighted by atomic mass is 9.70. The molecule has 356 valence electrons. The third-order valence-electron chi connectivity index (χ3n) is 16.0. The second kappa shape index (κ2) is 16.6. The molecule has 0 N–H and O–H groups in total. The minimum absolute atomic E-state index is 0.564. The van der Waals surface area contributed by atoms with Gasteiger partial charge < -0.3 is 14.0 Å². The molecule has 10 aromatic carbocycles. The monoisotopic (exact) mass is 972 g/mol. The summed E-state index contributed by atoms with van der Waals surface area (Å²) in [6.07, 6.45) is 6.34. The Morgan fingerprint density at radius 3 is 1.62 bits per heavy atom. The Kier molecular flexibility index (Phi) is 9.27. The van der Waals surface area contributed by atoms with E-state index in [9.17, 15) is 0 Å². The fourth-order valence-corrected chi connectivity index (χ4v) is 12.6. The van der Waals surface area contributed by atoms with Gasteiger partial charge in [-0.1, -0.05) is 176 Å². The molecule has 1 aliphatic heterocycles. The maximum Gasteiger partial charge on any atom is 0.170 e. The molecule has 76 heavy (non-hydrogen) atoms. The van der Waals surface area contributed by atoms with Crippen LogP contribution < -0.4 is 9.47 Å². The predicted octanol–water partition coefficient (Wildman–Crippen LogP) is 17.5. The summed E-state index contributed by atoms with van der Waals surface area (Å²) in [5, 5.41) is 2.42. The Hall–Kier alpha value is -9.91. The van der Waals surface area contributed by atoms with Crippen molar-refractivity contribution in [2.45, 2.75) is 18.3 Å². The third kappa shape index (κ3) is 6.37. The summed E-state index contributed by atoms with van der Waals surface area (Å²) in [7, 11) is 0. The summed E-state index contributed by atoms with van der Waals surface area (Å²) >= 11 is 0. The summed E-state index contributed by atoms with van der Waals surface area (Å²) in [4.78, 5) is 15.0. The van der Waals surface area contributed by atoms with Gasteiger partial charge in [-0.05, 0) is 146 Å². The normalized spacial score (nSPS) is 14.2. The zero-order chi connectivity index (χ0) is 49.9. The first kappa shape index (κ1) is 42.6. The van der Waals surface area contributed by atoms with Crippen molar-refractivity contribution < 1.29 is 9.47 Å². The fraction of sp³-hybridized carbons (Fsp3) is 0.0429. The van der Waals surface area contributed by atoms with E-state index >= 15 is 0 Å². The van der Waals surface area contributed by atoms with Gasteiger partial charge in [0.15, 0.2) is 40.5 Å². The molecule has 1 spiro atoms. The maximum atomic E-state index is 6.63. The molecule has 12 aromatic rings. The van der Waals surface area contributed by atoms with Crippen molar-refractivity contribution in [1.29, 1.82) is 0 Å². The molecular formula is C70H44N4O2. The lowest BCUT2D eigenvalue weighted by Gasteiger charge is -2.31. The predicted molar refractivity (Wildman–Crippen MR) is 305 cm³/mol. The van der Waals surface area contributed by atoms with E-state index in [1.807, 2.05) is 60.7 Å². The number of hydrogen-bond donors (Lipinski definition) is 0. The average molecular weight is 973 g/mol. The standard InChI is InChI=1S/C70H44N4O2/c1-3-16-44(17-4-1)67-71-68(45-18-5-2-6-19-45)73-69(72-67)49-21-15-20-46(38-49)43-30-34-50(35-31-43)74-61-27-12-9-24-54(61)56-39-47(33-37-62(56)74)48-32-36-53-55-41-65-66(76-64-29-14-13-28-63(64)75-65)42-60(55)70(59(53)40-48)57-25-10-7-22-51(57)52-23-8-11-26-58(52)70/h1-14,16-19,21-42H,15,20H2. The highest BCUT2D eigenvalue weighted by Crippen LogP contribution is 2.65. The molecular weight excluding hydrogens is 929 g/mol. The van der Waals surface area contributed by atoms with E-state index in [-0.39, 0.29) is 0 Å². The van der Waals surface area contributed by atoms with Crippen LogP contribution >= 0.6 is 0 Å². The van der Waals surface area contributed by atoms with Crippen LogP contribution in [0.4, 0.5) is 0 Å². The minimum atomic E-state index is -0.564. The third-order valence-corrected chi connectivity index (χ3v) is 16.0.